The summed E-state index contributed by atoms with van der Waals surface area (Å²) < 4.78 is 1.15. The van der Waals surface area contributed by atoms with Crippen LogP contribution in [0.15, 0.2) is 28.2 Å². The molecule has 0 aliphatic heterocycles. The van der Waals surface area contributed by atoms with Gasteiger partial charge in [-0.1, -0.05) is 0 Å². The molecule has 3 heterocycles. The van der Waals surface area contributed by atoms with Gasteiger partial charge in [-0.25, -0.2) is 9.97 Å². The van der Waals surface area contributed by atoms with Crippen molar-refractivity contribution in [2.45, 2.75) is 6.92 Å². The molecule has 0 aliphatic carbocycles. The van der Waals surface area contributed by atoms with Gasteiger partial charge in [-0.3, -0.25) is 0 Å². The fourth-order valence-corrected chi connectivity index (χ4v) is 3.02. The van der Waals surface area contributed by atoms with Crippen LogP contribution >= 0.6 is 27.3 Å². The van der Waals surface area contributed by atoms with E-state index in [0.29, 0.717) is 0 Å². The maximum atomic E-state index is 4.46. The van der Waals surface area contributed by atoms with Crippen LogP contribution in [0.25, 0.3) is 21.9 Å². The molecule has 0 spiro atoms. The number of halogens is 1. The van der Waals surface area contributed by atoms with Crippen molar-refractivity contribution in [3.8, 4) is 10.7 Å². The van der Waals surface area contributed by atoms with E-state index < -0.39 is 0 Å². The highest BCUT2D eigenvalue weighted by Gasteiger charge is 2.09. The summed E-state index contributed by atoms with van der Waals surface area (Å²) in [7, 11) is 0. The second kappa shape index (κ2) is 3.68. The summed E-state index contributed by atoms with van der Waals surface area (Å²) >= 11 is 5.20. The zero-order chi connectivity index (χ0) is 11.1. The SMILES string of the molecule is Cc1cc(-c2nc3ncccc3[nH]2)sc1Br. The molecule has 0 saturated carbocycles. The molecule has 0 saturated heterocycles. The van der Waals surface area contributed by atoms with E-state index in [-0.39, 0.29) is 0 Å². The van der Waals surface area contributed by atoms with Crippen LogP contribution in [-0.4, -0.2) is 15.0 Å². The van der Waals surface area contributed by atoms with Gasteiger partial charge in [0.1, 0.15) is 0 Å². The number of rotatable bonds is 1. The number of aromatic nitrogens is 3. The van der Waals surface area contributed by atoms with Crippen molar-refractivity contribution in [3.63, 3.8) is 0 Å². The molecule has 3 rings (SSSR count). The smallest absolute Gasteiger partial charge is 0.178 e. The second-order valence-corrected chi connectivity index (χ2v) is 5.90. The maximum Gasteiger partial charge on any atom is 0.178 e. The third-order valence-corrected chi connectivity index (χ3v) is 4.49. The molecule has 0 amide bonds. The molecule has 0 radical (unpaired) electrons. The summed E-state index contributed by atoms with van der Waals surface area (Å²) in [5.41, 5.74) is 2.97. The van der Waals surface area contributed by atoms with Gasteiger partial charge in [-0.2, -0.15) is 0 Å². The number of pyridine rings is 1. The van der Waals surface area contributed by atoms with E-state index in [2.05, 4.69) is 43.9 Å². The zero-order valence-corrected chi connectivity index (χ0v) is 10.9. The third-order valence-electron chi connectivity index (χ3n) is 2.35. The molecular weight excluding hydrogens is 286 g/mol. The number of aromatic amines is 1. The topological polar surface area (TPSA) is 41.6 Å². The molecule has 3 aromatic heterocycles. The minimum atomic E-state index is 0.764. The van der Waals surface area contributed by atoms with Gasteiger partial charge in [-0.05, 0) is 46.6 Å². The van der Waals surface area contributed by atoms with Crippen molar-refractivity contribution in [1.82, 2.24) is 15.0 Å². The first-order valence-corrected chi connectivity index (χ1v) is 6.42. The Morgan fingerprint density at radius 1 is 1.44 bits per heavy atom. The molecule has 0 atom stereocenters. The number of nitrogens with zero attached hydrogens (tertiary/aromatic N) is 2. The molecule has 16 heavy (non-hydrogen) atoms. The molecule has 3 aromatic rings. The number of H-pyrrole nitrogens is 1. The highest BCUT2D eigenvalue weighted by molar-refractivity contribution is 9.11. The first-order valence-electron chi connectivity index (χ1n) is 4.81. The third kappa shape index (κ3) is 1.56. The van der Waals surface area contributed by atoms with Gasteiger partial charge < -0.3 is 4.98 Å². The second-order valence-electron chi connectivity index (χ2n) is 3.53. The van der Waals surface area contributed by atoms with Crippen LogP contribution in [0.4, 0.5) is 0 Å². The van der Waals surface area contributed by atoms with Gasteiger partial charge in [0.2, 0.25) is 0 Å². The maximum absolute atomic E-state index is 4.46. The van der Waals surface area contributed by atoms with E-state index in [4.69, 9.17) is 0 Å². The molecule has 3 nitrogen and oxygen atoms in total. The van der Waals surface area contributed by atoms with Gasteiger partial charge in [0.25, 0.3) is 0 Å². The largest absolute Gasteiger partial charge is 0.336 e. The summed E-state index contributed by atoms with van der Waals surface area (Å²) in [6.45, 7) is 2.07. The lowest BCUT2D eigenvalue weighted by atomic mass is 10.3. The lowest BCUT2D eigenvalue weighted by Gasteiger charge is -1.86. The highest BCUT2D eigenvalue weighted by atomic mass is 79.9. The monoisotopic (exact) mass is 293 g/mol. The molecule has 0 aliphatic rings. The lowest BCUT2D eigenvalue weighted by Crippen LogP contribution is -1.74. The molecule has 0 unspecified atom stereocenters. The quantitative estimate of drug-likeness (QED) is 0.742. The molecule has 0 aromatic carbocycles. The minimum absolute atomic E-state index is 0.764. The van der Waals surface area contributed by atoms with Crippen LogP contribution in [0.3, 0.4) is 0 Å². The Labute approximate surface area is 105 Å². The number of hydrogen-bond acceptors (Lipinski definition) is 3. The van der Waals surface area contributed by atoms with Crippen molar-refractivity contribution in [2.24, 2.45) is 0 Å². The normalized spacial score (nSPS) is 11.1. The van der Waals surface area contributed by atoms with E-state index in [9.17, 15) is 0 Å². The summed E-state index contributed by atoms with van der Waals surface area (Å²) in [6, 6.07) is 6.00. The Bertz CT molecular complexity index is 604. The van der Waals surface area contributed by atoms with Crippen molar-refractivity contribution in [1.29, 1.82) is 0 Å². The first-order chi connectivity index (χ1) is 7.74. The Morgan fingerprint density at radius 2 is 2.31 bits per heavy atom. The van der Waals surface area contributed by atoms with E-state index in [1.54, 1.807) is 17.5 Å². The van der Waals surface area contributed by atoms with Crippen LogP contribution in [-0.2, 0) is 0 Å². The van der Waals surface area contributed by atoms with E-state index >= 15 is 0 Å². The Hall–Kier alpha value is -1.20. The summed E-state index contributed by atoms with van der Waals surface area (Å²) in [5, 5.41) is 0. The lowest BCUT2D eigenvalue weighted by molar-refractivity contribution is 1.31. The van der Waals surface area contributed by atoms with Crippen LogP contribution in [0.1, 0.15) is 5.56 Å². The predicted molar refractivity (Wildman–Crippen MR) is 69.6 cm³/mol. The first kappa shape index (κ1) is 9.99. The molecule has 0 bridgehead atoms. The number of aryl methyl sites for hydroxylation is 1. The number of imidazole rings is 1. The van der Waals surface area contributed by atoms with Crippen molar-refractivity contribution in [3.05, 3.63) is 33.7 Å². The van der Waals surface area contributed by atoms with Gasteiger partial charge in [0.15, 0.2) is 11.5 Å². The predicted octanol–water partition coefficient (Wildman–Crippen LogP) is 3.76. The fourth-order valence-electron chi connectivity index (χ4n) is 1.54. The molecule has 80 valence electrons. The summed E-state index contributed by atoms with van der Waals surface area (Å²) in [5.74, 6) is 0.882. The Morgan fingerprint density at radius 3 is 3.00 bits per heavy atom. The average Bonchev–Trinajstić information content (AvgIpc) is 2.83. The fraction of sp³-hybridized carbons (Fsp3) is 0.0909. The van der Waals surface area contributed by atoms with Gasteiger partial charge in [-0.15, -0.1) is 11.3 Å². The van der Waals surface area contributed by atoms with Crippen molar-refractivity contribution < 1.29 is 0 Å². The van der Waals surface area contributed by atoms with Crippen LogP contribution in [0.5, 0.6) is 0 Å². The number of nitrogens with one attached hydrogen (secondary N) is 1. The van der Waals surface area contributed by atoms with Gasteiger partial charge in [0, 0.05) is 6.20 Å². The summed E-state index contributed by atoms with van der Waals surface area (Å²) in [6.07, 6.45) is 1.75. The van der Waals surface area contributed by atoms with Gasteiger partial charge in [0.05, 0.1) is 14.2 Å². The summed E-state index contributed by atoms with van der Waals surface area (Å²) in [4.78, 5) is 13.1. The van der Waals surface area contributed by atoms with Crippen molar-refractivity contribution in [2.75, 3.05) is 0 Å². The number of thiophene rings is 1. The van der Waals surface area contributed by atoms with Crippen LogP contribution in [0, 0.1) is 6.92 Å². The molecule has 1 N–H and O–H groups in total. The van der Waals surface area contributed by atoms with Crippen LogP contribution in [0.2, 0.25) is 0 Å². The Kier molecular flexibility index (Phi) is 2.29. The van der Waals surface area contributed by atoms with Gasteiger partial charge >= 0.3 is 0 Å². The molecular formula is C11H8BrN3S. The Balaban J connectivity index is 2.18. The minimum Gasteiger partial charge on any atom is -0.336 e. The van der Waals surface area contributed by atoms with E-state index in [1.165, 1.54) is 5.56 Å². The number of fused-ring (bicyclic) bond motifs is 1. The van der Waals surface area contributed by atoms with Crippen molar-refractivity contribution >= 4 is 38.4 Å². The standard InChI is InChI=1S/C11H8BrN3S/c1-6-5-8(16-9(6)12)11-14-7-3-2-4-13-10(7)15-11/h2-5H,1H3,(H,13,14,15). The van der Waals surface area contributed by atoms with E-state index in [0.717, 1.165) is 25.7 Å². The zero-order valence-electron chi connectivity index (χ0n) is 8.49. The molecule has 0 fully saturated rings. The number of hydrogen-bond donors (Lipinski definition) is 1. The average molecular weight is 294 g/mol. The van der Waals surface area contributed by atoms with E-state index in [1.807, 2.05) is 12.1 Å². The van der Waals surface area contributed by atoms with Crippen LogP contribution < -0.4 is 0 Å². The highest BCUT2D eigenvalue weighted by Crippen LogP contribution is 2.33. The molecule has 5 heteroatoms.